The molecule has 0 saturated heterocycles. The van der Waals surface area contributed by atoms with E-state index in [1.165, 1.54) is 13.8 Å². The zero-order valence-electron chi connectivity index (χ0n) is 11.3. The van der Waals surface area contributed by atoms with E-state index in [9.17, 15) is 24.1 Å². The second kappa shape index (κ2) is 6.16. The van der Waals surface area contributed by atoms with Gasteiger partial charge in [-0.15, -0.1) is 0 Å². The molecule has 2 amide bonds. The van der Waals surface area contributed by atoms with Gasteiger partial charge < -0.3 is 15.7 Å². The SMILES string of the molecule is CC(C)(NC(=O)NCc1cc(F)ccc1[N+](=O)[O-])C(=O)O. The van der Waals surface area contributed by atoms with E-state index in [1.54, 1.807) is 0 Å². The topological polar surface area (TPSA) is 122 Å². The van der Waals surface area contributed by atoms with Crippen molar-refractivity contribution in [3.05, 3.63) is 39.7 Å². The number of nitro groups is 1. The quantitative estimate of drug-likeness (QED) is 0.560. The van der Waals surface area contributed by atoms with Crippen LogP contribution in [0.25, 0.3) is 0 Å². The minimum Gasteiger partial charge on any atom is -0.480 e. The van der Waals surface area contributed by atoms with Gasteiger partial charge in [-0.1, -0.05) is 0 Å². The van der Waals surface area contributed by atoms with Crippen LogP contribution in [0.1, 0.15) is 19.4 Å². The van der Waals surface area contributed by atoms with Gasteiger partial charge in [0.1, 0.15) is 11.4 Å². The molecule has 0 aromatic heterocycles. The molecule has 0 aliphatic heterocycles. The number of hydrogen-bond donors (Lipinski definition) is 3. The Morgan fingerprint density at radius 2 is 2.05 bits per heavy atom. The Kier molecular flexibility index (Phi) is 4.79. The third-order valence-corrected chi connectivity index (χ3v) is 2.64. The Labute approximate surface area is 119 Å². The van der Waals surface area contributed by atoms with E-state index < -0.39 is 28.3 Å². The summed E-state index contributed by atoms with van der Waals surface area (Å²) >= 11 is 0. The van der Waals surface area contributed by atoms with E-state index in [2.05, 4.69) is 10.6 Å². The van der Waals surface area contributed by atoms with Crippen molar-refractivity contribution < 1.29 is 24.0 Å². The lowest BCUT2D eigenvalue weighted by Crippen LogP contribution is -2.53. The van der Waals surface area contributed by atoms with Crippen LogP contribution in [0.15, 0.2) is 18.2 Å². The van der Waals surface area contributed by atoms with Crippen molar-refractivity contribution in [1.29, 1.82) is 0 Å². The van der Waals surface area contributed by atoms with Gasteiger partial charge in [0.2, 0.25) is 0 Å². The van der Waals surface area contributed by atoms with E-state index in [-0.39, 0.29) is 17.8 Å². The molecule has 0 bridgehead atoms. The summed E-state index contributed by atoms with van der Waals surface area (Å²) in [7, 11) is 0. The zero-order valence-corrected chi connectivity index (χ0v) is 11.3. The molecule has 0 heterocycles. The highest BCUT2D eigenvalue weighted by molar-refractivity contribution is 5.85. The van der Waals surface area contributed by atoms with Gasteiger partial charge in [-0.05, 0) is 26.0 Å². The highest BCUT2D eigenvalue weighted by atomic mass is 19.1. The van der Waals surface area contributed by atoms with E-state index in [0.29, 0.717) is 0 Å². The molecule has 1 aromatic carbocycles. The molecule has 3 N–H and O–H groups in total. The number of carbonyl (C=O) groups excluding carboxylic acids is 1. The second-order valence-electron chi connectivity index (χ2n) is 4.77. The van der Waals surface area contributed by atoms with Crippen LogP contribution in [0.2, 0.25) is 0 Å². The number of halogens is 1. The van der Waals surface area contributed by atoms with Crippen LogP contribution in [0.4, 0.5) is 14.9 Å². The molecule has 0 unspecified atom stereocenters. The first-order chi connectivity index (χ1) is 9.63. The third kappa shape index (κ3) is 4.41. The average molecular weight is 299 g/mol. The molecule has 0 aliphatic rings. The fourth-order valence-electron chi connectivity index (χ4n) is 1.43. The van der Waals surface area contributed by atoms with Crippen molar-refractivity contribution in [3.63, 3.8) is 0 Å². The summed E-state index contributed by atoms with van der Waals surface area (Å²) in [5, 5.41) is 24.0. The Hall–Kier alpha value is -2.71. The molecular weight excluding hydrogens is 285 g/mol. The van der Waals surface area contributed by atoms with Crippen molar-refractivity contribution in [1.82, 2.24) is 10.6 Å². The molecule has 0 radical (unpaired) electrons. The smallest absolute Gasteiger partial charge is 0.328 e. The number of nitrogens with zero attached hydrogens (tertiary/aromatic N) is 1. The van der Waals surface area contributed by atoms with Gasteiger partial charge in [-0.3, -0.25) is 10.1 Å². The van der Waals surface area contributed by atoms with Crippen molar-refractivity contribution >= 4 is 17.7 Å². The number of amides is 2. The molecule has 1 aromatic rings. The number of hydrogen-bond acceptors (Lipinski definition) is 4. The standard InChI is InChI=1S/C12H14FN3O5/c1-12(2,10(17)18)15-11(19)14-6-7-5-8(13)3-4-9(7)16(20)21/h3-5H,6H2,1-2H3,(H,17,18)(H2,14,15,19). The first-order valence-corrected chi connectivity index (χ1v) is 5.85. The molecule has 0 aliphatic carbocycles. The van der Waals surface area contributed by atoms with Crippen molar-refractivity contribution in [2.24, 2.45) is 0 Å². The maximum atomic E-state index is 13.1. The lowest BCUT2D eigenvalue weighted by molar-refractivity contribution is -0.385. The van der Waals surface area contributed by atoms with Crippen LogP contribution < -0.4 is 10.6 Å². The van der Waals surface area contributed by atoms with Crippen molar-refractivity contribution in [2.45, 2.75) is 25.9 Å². The molecule has 1 rings (SSSR count). The molecular formula is C12H14FN3O5. The second-order valence-corrected chi connectivity index (χ2v) is 4.77. The van der Waals surface area contributed by atoms with Gasteiger partial charge in [-0.2, -0.15) is 0 Å². The Bertz CT molecular complexity index is 588. The molecule has 0 atom stereocenters. The number of urea groups is 1. The van der Waals surface area contributed by atoms with Crippen LogP contribution in [-0.4, -0.2) is 27.6 Å². The Morgan fingerprint density at radius 3 is 2.57 bits per heavy atom. The maximum absolute atomic E-state index is 13.1. The number of nitro benzene ring substituents is 1. The first kappa shape index (κ1) is 16.3. The largest absolute Gasteiger partial charge is 0.480 e. The third-order valence-electron chi connectivity index (χ3n) is 2.64. The minimum absolute atomic E-state index is 0.0247. The number of nitrogens with one attached hydrogen (secondary N) is 2. The van der Waals surface area contributed by atoms with E-state index in [1.807, 2.05) is 0 Å². The van der Waals surface area contributed by atoms with Gasteiger partial charge in [-0.25, -0.2) is 14.0 Å². The van der Waals surface area contributed by atoms with Gasteiger partial charge in [0.15, 0.2) is 0 Å². The van der Waals surface area contributed by atoms with Gasteiger partial charge in [0.05, 0.1) is 17.0 Å². The summed E-state index contributed by atoms with van der Waals surface area (Å²) in [6.45, 7) is 2.24. The number of benzene rings is 1. The fourth-order valence-corrected chi connectivity index (χ4v) is 1.43. The molecule has 8 nitrogen and oxygen atoms in total. The summed E-state index contributed by atoms with van der Waals surface area (Å²) in [4.78, 5) is 32.5. The van der Waals surface area contributed by atoms with Gasteiger partial charge in [0, 0.05) is 6.07 Å². The molecule has 0 saturated carbocycles. The minimum atomic E-state index is -1.50. The highest BCUT2D eigenvalue weighted by Gasteiger charge is 2.29. The Balaban J connectivity index is 2.76. The number of carbonyl (C=O) groups is 2. The van der Waals surface area contributed by atoms with E-state index in [0.717, 1.165) is 18.2 Å². The lowest BCUT2D eigenvalue weighted by Gasteiger charge is -2.21. The fraction of sp³-hybridized carbons (Fsp3) is 0.333. The van der Waals surface area contributed by atoms with E-state index >= 15 is 0 Å². The molecule has 114 valence electrons. The number of carboxylic acid groups (broad SMARTS) is 1. The molecule has 21 heavy (non-hydrogen) atoms. The monoisotopic (exact) mass is 299 g/mol. The first-order valence-electron chi connectivity index (χ1n) is 5.85. The van der Waals surface area contributed by atoms with Crippen LogP contribution >= 0.6 is 0 Å². The predicted molar refractivity (Wildman–Crippen MR) is 70.1 cm³/mol. The summed E-state index contributed by atoms with van der Waals surface area (Å²) < 4.78 is 13.1. The average Bonchev–Trinajstić information content (AvgIpc) is 2.35. The number of carboxylic acids is 1. The number of aliphatic carboxylic acids is 1. The Morgan fingerprint density at radius 1 is 1.43 bits per heavy atom. The van der Waals surface area contributed by atoms with Crippen LogP contribution in [-0.2, 0) is 11.3 Å². The number of rotatable bonds is 5. The molecule has 0 spiro atoms. The summed E-state index contributed by atoms with van der Waals surface area (Å²) in [6.07, 6.45) is 0. The van der Waals surface area contributed by atoms with Gasteiger partial charge >= 0.3 is 12.0 Å². The lowest BCUT2D eigenvalue weighted by atomic mass is 10.1. The van der Waals surface area contributed by atoms with Crippen LogP contribution in [0.3, 0.4) is 0 Å². The molecule has 9 heteroatoms. The summed E-state index contributed by atoms with van der Waals surface area (Å²) in [5.74, 6) is -1.92. The maximum Gasteiger partial charge on any atom is 0.328 e. The van der Waals surface area contributed by atoms with E-state index in [4.69, 9.17) is 5.11 Å². The summed E-state index contributed by atoms with van der Waals surface area (Å²) in [6, 6.07) is 2.03. The predicted octanol–water partition coefficient (Wildman–Crippen LogP) is 1.40. The van der Waals surface area contributed by atoms with Crippen molar-refractivity contribution in [3.8, 4) is 0 Å². The van der Waals surface area contributed by atoms with Crippen molar-refractivity contribution in [2.75, 3.05) is 0 Å². The zero-order chi connectivity index (χ0) is 16.2. The van der Waals surface area contributed by atoms with Crippen LogP contribution in [0, 0.1) is 15.9 Å². The van der Waals surface area contributed by atoms with Crippen LogP contribution in [0.5, 0.6) is 0 Å². The summed E-state index contributed by atoms with van der Waals surface area (Å²) in [5.41, 5.74) is -1.87. The van der Waals surface area contributed by atoms with Gasteiger partial charge in [0.25, 0.3) is 5.69 Å². The molecule has 0 fully saturated rings. The highest BCUT2D eigenvalue weighted by Crippen LogP contribution is 2.19. The normalized spacial score (nSPS) is 10.8.